The first kappa shape index (κ1) is 10.8. The van der Waals surface area contributed by atoms with Crippen LogP contribution in [0, 0.1) is 0 Å². The molecule has 5 heteroatoms. The van der Waals surface area contributed by atoms with E-state index in [1.807, 2.05) is 18.5 Å². The number of hydrogen-bond acceptors (Lipinski definition) is 5. The molecular formula is C12H15N3OS. The van der Waals surface area contributed by atoms with Gasteiger partial charge in [0.05, 0.1) is 5.39 Å². The molecule has 0 bridgehead atoms. The van der Waals surface area contributed by atoms with E-state index in [1.165, 1.54) is 12.8 Å². The van der Waals surface area contributed by atoms with Crippen molar-refractivity contribution in [3.05, 3.63) is 11.4 Å². The SMILES string of the molecule is CNc1nc(OC2CCCC2)c2ccsc2n1. The van der Waals surface area contributed by atoms with E-state index in [1.54, 1.807) is 11.3 Å². The zero-order chi connectivity index (χ0) is 11.7. The summed E-state index contributed by atoms with van der Waals surface area (Å²) in [5, 5.41) is 6.04. The van der Waals surface area contributed by atoms with Crippen molar-refractivity contribution in [1.29, 1.82) is 0 Å². The number of nitrogens with one attached hydrogen (secondary N) is 1. The Bertz CT molecular complexity index is 519. The number of thiophene rings is 1. The fourth-order valence-corrected chi connectivity index (χ4v) is 2.95. The van der Waals surface area contributed by atoms with Gasteiger partial charge in [0, 0.05) is 7.05 Å². The molecule has 17 heavy (non-hydrogen) atoms. The van der Waals surface area contributed by atoms with Gasteiger partial charge in [-0.3, -0.25) is 0 Å². The molecule has 4 nitrogen and oxygen atoms in total. The standard InChI is InChI=1S/C12H15N3OS/c1-13-12-14-10(16-8-4-2-3-5-8)9-6-7-17-11(9)15-12/h6-8H,2-5H2,1H3,(H,13,14,15). The highest BCUT2D eigenvalue weighted by Crippen LogP contribution is 2.31. The van der Waals surface area contributed by atoms with Gasteiger partial charge in [0.25, 0.3) is 0 Å². The number of anilines is 1. The lowest BCUT2D eigenvalue weighted by Gasteiger charge is -2.13. The van der Waals surface area contributed by atoms with E-state index < -0.39 is 0 Å². The smallest absolute Gasteiger partial charge is 0.227 e. The van der Waals surface area contributed by atoms with E-state index in [2.05, 4.69) is 15.3 Å². The summed E-state index contributed by atoms with van der Waals surface area (Å²) in [7, 11) is 1.83. The van der Waals surface area contributed by atoms with Gasteiger partial charge in [-0.2, -0.15) is 4.98 Å². The second-order valence-electron chi connectivity index (χ2n) is 4.27. The van der Waals surface area contributed by atoms with E-state index in [4.69, 9.17) is 4.74 Å². The summed E-state index contributed by atoms with van der Waals surface area (Å²) in [6.07, 6.45) is 5.15. The van der Waals surface area contributed by atoms with Gasteiger partial charge in [0.15, 0.2) is 0 Å². The van der Waals surface area contributed by atoms with Crippen molar-refractivity contribution >= 4 is 27.5 Å². The summed E-state index contributed by atoms with van der Waals surface area (Å²) in [6.45, 7) is 0. The Kier molecular flexibility index (Phi) is 2.84. The highest BCUT2D eigenvalue weighted by molar-refractivity contribution is 7.16. The van der Waals surface area contributed by atoms with Crippen LogP contribution in [0.2, 0.25) is 0 Å². The second-order valence-corrected chi connectivity index (χ2v) is 5.16. The minimum Gasteiger partial charge on any atom is -0.474 e. The monoisotopic (exact) mass is 249 g/mol. The summed E-state index contributed by atoms with van der Waals surface area (Å²) in [6, 6.07) is 2.03. The largest absolute Gasteiger partial charge is 0.474 e. The molecule has 3 rings (SSSR count). The van der Waals surface area contributed by atoms with E-state index in [-0.39, 0.29) is 0 Å². The molecule has 0 radical (unpaired) electrons. The van der Waals surface area contributed by atoms with E-state index >= 15 is 0 Å². The quantitative estimate of drug-likeness (QED) is 0.908. The zero-order valence-corrected chi connectivity index (χ0v) is 10.6. The zero-order valence-electron chi connectivity index (χ0n) is 9.77. The first-order valence-corrected chi connectivity index (χ1v) is 6.84. The van der Waals surface area contributed by atoms with Gasteiger partial charge >= 0.3 is 0 Å². The molecule has 0 amide bonds. The van der Waals surface area contributed by atoms with Gasteiger partial charge in [-0.1, -0.05) is 0 Å². The molecule has 0 saturated heterocycles. The lowest BCUT2D eigenvalue weighted by Crippen LogP contribution is -2.12. The summed E-state index contributed by atoms with van der Waals surface area (Å²) >= 11 is 1.62. The Balaban J connectivity index is 1.97. The normalized spacial score (nSPS) is 16.5. The molecule has 2 heterocycles. The maximum Gasteiger partial charge on any atom is 0.227 e. The second kappa shape index (κ2) is 4.49. The van der Waals surface area contributed by atoms with Crippen LogP contribution < -0.4 is 10.1 Å². The Hall–Kier alpha value is -1.36. The number of hydrogen-bond donors (Lipinski definition) is 1. The van der Waals surface area contributed by atoms with Gasteiger partial charge in [-0.05, 0) is 37.1 Å². The number of aromatic nitrogens is 2. The Morgan fingerprint density at radius 2 is 2.18 bits per heavy atom. The highest BCUT2D eigenvalue weighted by Gasteiger charge is 2.19. The molecule has 0 atom stereocenters. The van der Waals surface area contributed by atoms with Gasteiger partial charge < -0.3 is 10.1 Å². The van der Waals surface area contributed by atoms with Gasteiger partial charge in [-0.15, -0.1) is 11.3 Å². The number of rotatable bonds is 3. The van der Waals surface area contributed by atoms with Crippen LogP contribution in [0.25, 0.3) is 10.2 Å². The van der Waals surface area contributed by atoms with Crippen molar-refractivity contribution in [2.24, 2.45) is 0 Å². The van der Waals surface area contributed by atoms with Crippen molar-refractivity contribution in [3.8, 4) is 5.88 Å². The molecule has 0 unspecified atom stereocenters. The van der Waals surface area contributed by atoms with E-state index in [0.29, 0.717) is 12.1 Å². The average Bonchev–Trinajstić information content (AvgIpc) is 2.98. The fraction of sp³-hybridized carbons (Fsp3) is 0.500. The average molecular weight is 249 g/mol. The molecule has 2 aromatic heterocycles. The highest BCUT2D eigenvalue weighted by atomic mass is 32.1. The van der Waals surface area contributed by atoms with E-state index in [0.717, 1.165) is 28.9 Å². The third-order valence-corrected chi connectivity index (χ3v) is 3.90. The van der Waals surface area contributed by atoms with Crippen molar-refractivity contribution in [1.82, 2.24) is 9.97 Å². The fourth-order valence-electron chi connectivity index (χ4n) is 2.19. The molecule has 1 fully saturated rings. The minimum atomic E-state index is 0.331. The molecular weight excluding hydrogens is 234 g/mol. The number of ether oxygens (including phenoxy) is 1. The topological polar surface area (TPSA) is 47.0 Å². The summed E-state index contributed by atoms with van der Waals surface area (Å²) in [5.41, 5.74) is 0. The maximum absolute atomic E-state index is 6.00. The van der Waals surface area contributed by atoms with Crippen molar-refractivity contribution in [2.75, 3.05) is 12.4 Å². The van der Waals surface area contributed by atoms with Crippen LogP contribution in [-0.4, -0.2) is 23.1 Å². The van der Waals surface area contributed by atoms with Crippen molar-refractivity contribution in [3.63, 3.8) is 0 Å². The predicted molar refractivity (Wildman–Crippen MR) is 69.8 cm³/mol. The molecule has 1 aliphatic carbocycles. The van der Waals surface area contributed by atoms with Gasteiger partial charge in [-0.25, -0.2) is 4.98 Å². The summed E-state index contributed by atoms with van der Waals surface area (Å²) < 4.78 is 6.00. The first-order chi connectivity index (χ1) is 8.36. The molecule has 1 saturated carbocycles. The lowest BCUT2D eigenvalue weighted by molar-refractivity contribution is 0.204. The van der Waals surface area contributed by atoms with Crippen LogP contribution in [-0.2, 0) is 0 Å². The Morgan fingerprint density at radius 3 is 2.94 bits per heavy atom. The van der Waals surface area contributed by atoms with Crippen LogP contribution in [0.1, 0.15) is 25.7 Å². The van der Waals surface area contributed by atoms with Crippen molar-refractivity contribution < 1.29 is 4.74 Å². The predicted octanol–water partition coefficient (Wildman–Crippen LogP) is 3.05. The van der Waals surface area contributed by atoms with Crippen LogP contribution >= 0.6 is 11.3 Å². The molecule has 90 valence electrons. The molecule has 1 aliphatic rings. The lowest BCUT2D eigenvalue weighted by atomic mass is 10.3. The van der Waals surface area contributed by atoms with Crippen LogP contribution in [0.5, 0.6) is 5.88 Å². The molecule has 0 aliphatic heterocycles. The molecule has 1 N–H and O–H groups in total. The maximum atomic E-state index is 6.00. The minimum absolute atomic E-state index is 0.331. The van der Waals surface area contributed by atoms with Crippen LogP contribution in [0.3, 0.4) is 0 Å². The van der Waals surface area contributed by atoms with Gasteiger partial charge in [0.1, 0.15) is 10.9 Å². The van der Waals surface area contributed by atoms with Crippen LogP contribution in [0.4, 0.5) is 5.95 Å². The summed E-state index contributed by atoms with van der Waals surface area (Å²) in [4.78, 5) is 9.81. The van der Waals surface area contributed by atoms with E-state index in [9.17, 15) is 0 Å². The third-order valence-electron chi connectivity index (χ3n) is 3.09. The first-order valence-electron chi connectivity index (χ1n) is 5.96. The molecule has 0 aromatic carbocycles. The Morgan fingerprint density at radius 1 is 1.35 bits per heavy atom. The summed E-state index contributed by atoms with van der Waals surface area (Å²) in [5.74, 6) is 1.36. The number of fused-ring (bicyclic) bond motifs is 1. The molecule has 0 spiro atoms. The van der Waals surface area contributed by atoms with Gasteiger partial charge in [0.2, 0.25) is 11.8 Å². The van der Waals surface area contributed by atoms with Crippen LogP contribution in [0.15, 0.2) is 11.4 Å². The third kappa shape index (κ3) is 2.07. The number of nitrogens with zero attached hydrogens (tertiary/aromatic N) is 2. The Labute approximate surface area is 104 Å². The van der Waals surface area contributed by atoms with Crippen molar-refractivity contribution in [2.45, 2.75) is 31.8 Å². The molecule has 2 aromatic rings.